The molecule has 2 aromatic rings. The first-order valence-electron chi connectivity index (χ1n) is 8.86. The Bertz CT molecular complexity index is 814. The van der Waals surface area contributed by atoms with E-state index < -0.39 is 0 Å². The van der Waals surface area contributed by atoms with E-state index in [0.29, 0.717) is 22.9 Å². The van der Waals surface area contributed by atoms with Crippen LogP contribution in [0.2, 0.25) is 0 Å². The van der Waals surface area contributed by atoms with Crippen molar-refractivity contribution in [1.29, 1.82) is 0 Å². The Morgan fingerprint density at radius 3 is 2.83 bits per heavy atom. The fourth-order valence-corrected chi connectivity index (χ4v) is 4.28. The monoisotopic (exact) mass is 326 g/mol. The van der Waals surface area contributed by atoms with Gasteiger partial charge in [0.15, 0.2) is 0 Å². The van der Waals surface area contributed by atoms with Gasteiger partial charge in [-0.25, -0.2) is 4.68 Å². The first-order valence-corrected chi connectivity index (χ1v) is 8.86. The Labute approximate surface area is 140 Å². The van der Waals surface area contributed by atoms with Gasteiger partial charge < -0.3 is 4.90 Å². The molecule has 1 aliphatic carbocycles. The Hall–Kier alpha value is -2.24. The molecule has 24 heavy (non-hydrogen) atoms. The standard InChI is InChI=1S/C18H22N4O2/c23-17(21-11-5-7-13-6-1-4-10-16(13)21)12-22-18(24)14-8-2-3-9-15(14)19-20-22/h2-3,8-9,13,16H,1,4-7,10-12H2/t13-,16-/m1/s1. The Balaban J connectivity index is 1.57. The lowest BCUT2D eigenvalue weighted by Crippen LogP contribution is -2.51. The van der Waals surface area contributed by atoms with E-state index in [0.717, 1.165) is 19.4 Å². The minimum absolute atomic E-state index is 0.00159. The van der Waals surface area contributed by atoms with Gasteiger partial charge in [0.25, 0.3) is 5.56 Å². The van der Waals surface area contributed by atoms with Crippen LogP contribution in [0.15, 0.2) is 29.1 Å². The first kappa shape index (κ1) is 15.3. The third kappa shape index (κ3) is 2.70. The summed E-state index contributed by atoms with van der Waals surface area (Å²) in [5, 5.41) is 8.52. The average molecular weight is 326 g/mol. The summed E-state index contributed by atoms with van der Waals surface area (Å²) in [6.07, 6.45) is 7.08. The van der Waals surface area contributed by atoms with E-state index in [1.165, 1.54) is 30.4 Å². The summed E-state index contributed by atoms with van der Waals surface area (Å²) in [5.74, 6) is 0.633. The second-order valence-electron chi connectivity index (χ2n) is 6.91. The largest absolute Gasteiger partial charge is 0.338 e. The Morgan fingerprint density at radius 1 is 1.12 bits per heavy atom. The van der Waals surface area contributed by atoms with E-state index in [4.69, 9.17) is 0 Å². The van der Waals surface area contributed by atoms with E-state index >= 15 is 0 Å². The van der Waals surface area contributed by atoms with Gasteiger partial charge in [-0.3, -0.25) is 9.59 Å². The Morgan fingerprint density at radius 2 is 1.92 bits per heavy atom. The lowest BCUT2D eigenvalue weighted by Gasteiger charge is -2.44. The molecule has 1 aliphatic heterocycles. The number of hydrogen-bond acceptors (Lipinski definition) is 4. The summed E-state index contributed by atoms with van der Waals surface area (Å²) in [6, 6.07) is 7.46. The molecule has 0 N–H and O–H groups in total. The number of carbonyl (C=O) groups excluding carboxylic acids is 1. The number of rotatable bonds is 2. The van der Waals surface area contributed by atoms with E-state index in [-0.39, 0.29) is 18.0 Å². The number of aromatic nitrogens is 3. The van der Waals surface area contributed by atoms with Gasteiger partial charge in [-0.15, -0.1) is 5.10 Å². The number of fused-ring (bicyclic) bond motifs is 2. The van der Waals surface area contributed by atoms with Crippen molar-refractivity contribution in [1.82, 2.24) is 19.9 Å². The molecule has 1 saturated heterocycles. The molecule has 126 valence electrons. The maximum absolute atomic E-state index is 12.8. The SMILES string of the molecule is O=C(Cn1nnc2ccccc2c1=O)N1CCC[C@H]2CCCC[C@H]21. The van der Waals surface area contributed by atoms with Crippen LogP contribution in [0.25, 0.3) is 10.9 Å². The van der Waals surface area contributed by atoms with Crippen LogP contribution in [0, 0.1) is 5.92 Å². The van der Waals surface area contributed by atoms with Crippen LogP contribution >= 0.6 is 0 Å². The highest BCUT2D eigenvalue weighted by molar-refractivity contribution is 5.78. The third-order valence-corrected chi connectivity index (χ3v) is 5.48. The van der Waals surface area contributed by atoms with Crippen LogP contribution in [0.1, 0.15) is 38.5 Å². The van der Waals surface area contributed by atoms with Crippen LogP contribution in [-0.2, 0) is 11.3 Å². The van der Waals surface area contributed by atoms with Gasteiger partial charge in [-0.05, 0) is 43.7 Å². The molecule has 2 heterocycles. The third-order valence-electron chi connectivity index (χ3n) is 5.48. The molecular formula is C18H22N4O2. The smallest absolute Gasteiger partial charge is 0.278 e. The zero-order valence-corrected chi connectivity index (χ0v) is 13.7. The van der Waals surface area contributed by atoms with Crippen molar-refractivity contribution < 1.29 is 4.79 Å². The van der Waals surface area contributed by atoms with Gasteiger partial charge in [0.2, 0.25) is 5.91 Å². The summed E-state index contributed by atoms with van der Waals surface area (Å²) in [5.41, 5.74) is 0.322. The number of hydrogen-bond donors (Lipinski definition) is 0. The molecule has 0 spiro atoms. The van der Waals surface area contributed by atoms with Gasteiger partial charge in [0.05, 0.1) is 5.39 Å². The van der Waals surface area contributed by atoms with Crippen LogP contribution in [0.3, 0.4) is 0 Å². The van der Waals surface area contributed by atoms with Crippen molar-refractivity contribution in [3.05, 3.63) is 34.6 Å². The number of benzene rings is 1. The summed E-state index contributed by atoms with van der Waals surface area (Å²) >= 11 is 0. The summed E-state index contributed by atoms with van der Waals surface area (Å²) < 4.78 is 1.21. The minimum atomic E-state index is -0.244. The molecule has 2 atom stereocenters. The van der Waals surface area contributed by atoms with Crippen LogP contribution in [0.4, 0.5) is 0 Å². The van der Waals surface area contributed by atoms with Crippen molar-refractivity contribution in [3.8, 4) is 0 Å². The second-order valence-corrected chi connectivity index (χ2v) is 6.91. The highest BCUT2D eigenvalue weighted by Crippen LogP contribution is 2.35. The molecule has 1 aromatic carbocycles. The zero-order valence-electron chi connectivity index (χ0n) is 13.7. The maximum atomic E-state index is 12.8. The molecule has 0 radical (unpaired) electrons. The molecule has 0 bridgehead atoms. The van der Waals surface area contributed by atoms with Crippen LogP contribution in [-0.4, -0.2) is 38.4 Å². The van der Waals surface area contributed by atoms with Gasteiger partial charge in [-0.1, -0.05) is 30.2 Å². The number of piperidine rings is 1. The second kappa shape index (κ2) is 6.34. The topological polar surface area (TPSA) is 68.1 Å². The Kier molecular flexibility index (Phi) is 4.04. The average Bonchev–Trinajstić information content (AvgIpc) is 2.63. The fraction of sp³-hybridized carbons (Fsp3) is 0.556. The van der Waals surface area contributed by atoms with Crippen LogP contribution < -0.4 is 5.56 Å². The predicted octanol–water partition coefficient (Wildman–Crippen LogP) is 1.97. The van der Waals surface area contributed by atoms with Gasteiger partial charge in [-0.2, -0.15) is 0 Å². The molecule has 4 rings (SSSR count). The van der Waals surface area contributed by atoms with Crippen LogP contribution in [0.5, 0.6) is 0 Å². The predicted molar refractivity (Wildman–Crippen MR) is 90.5 cm³/mol. The molecule has 2 fully saturated rings. The molecule has 2 aliphatic rings. The number of amides is 1. The number of nitrogens with zero attached hydrogens (tertiary/aromatic N) is 4. The van der Waals surface area contributed by atoms with E-state index in [1.54, 1.807) is 18.2 Å². The highest BCUT2D eigenvalue weighted by Gasteiger charge is 2.35. The molecule has 1 saturated carbocycles. The fourth-order valence-electron chi connectivity index (χ4n) is 4.28. The molecule has 1 amide bonds. The van der Waals surface area contributed by atoms with Gasteiger partial charge in [0.1, 0.15) is 12.1 Å². The minimum Gasteiger partial charge on any atom is -0.338 e. The zero-order chi connectivity index (χ0) is 16.5. The van der Waals surface area contributed by atoms with Gasteiger partial charge in [0, 0.05) is 12.6 Å². The number of carbonyl (C=O) groups is 1. The summed E-state index contributed by atoms with van der Waals surface area (Å²) in [7, 11) is 0. The lowest BCUT2D eigenvalue weighted by atomic mass is 9.78. The quantitative estimate of drug-likeness (QED) is 0.846. The highest BCUT2D eigenvalue weighted by atomic mass is 16.2. The normalized spacial score (nSPS) is 23.9. The molecular weight excluding hydrogens is 304 g/mol. The molecule has 0 unspecified atom stereocenters. The van der Waals surface area contributed by atoms with E-state index in [1.807, 2.05) is 11.0 Å². The van der Waals surface area contributed by atoms with Crippen molar-refractivity contribution in [2.75, 3.05) is 6.54 Å². The van der Waals surface area contributed by atoms with Gasteiger partial charge >= 0.3 is 0 Å². The molecule has 6 nitrogen and oxygen atoms in total. The van der Waals surface area contributed by atoms with Crippen molar-refractivity contribution in [2.24, 2.45) is 5.92 Å². The van der Waals surface area contributed by atoms with E-state index in [2.05, 4.69) is 10.3 Å². The van der Waals surface area contributed by atoms with E-state index in [9.17, 15) is 9.59 Å². The van der Waals surface area contributed by atoms with Crippen molar-refractivity contribution in [3.63, 3.8) is 0 Å². The first-order chi connectivity index (χ1) is 11.7. The maximum Gasteiger partial charge on any atom is 0.278 e. The lowest BCUT2D eigenvalue weighted by molar-refractivity contribution is -0.138. The molecule has 1 aromatic heterocycles. The molecule has 6 heteroatoms. The number of likely N-dealkylation sites (tertiary alicyclic amines) is 1. The summed E-state index contributed by atoms with van der Waals surface area (Å²) in [6.45, 7) is 0.787. The van der Waals surface area contributed by atoms with Crippen molar-refractivity contribution in [2.45, 2.75) is 51.1 Å². The summed E-state index contributed by atoms with van der Waals surface area (Å²) in [4.78, 5) is 27.3. The van der Waals surface area contributed by atoms with Crippen molar-refractivity contribution >= 4 is 16.8 Å².